The largest absolute Gasteiger partial charge is 0.416 e. The van der Waals surface area contributed by atoms with Gasteiger partial charge in [0.2, 0.25) is 0 Å². The molecule has 158 valence electrons. The Hall–Kier alpha value is -1.80. The van der Waals surface area contributed by atoms with Crippen LogP contribution in [0, 0.1) is 0 Å². The van der Waals surface area contributed by atoms with Crippen LogP contribution < -0.4 is 10.6 Å². The van der Waals surface area contributed by atoms with Gasteiger partial charge in [-0.1, -0.05) is 12.1 Å². The molecule has 1 aliphatic heterocycles. The molecular formula is C20H32F3N5. The molecule has 0 amide bonds. The monoisotopic (exact) mass is 399 g/mol. The highest BCUT2D eigenvalue weighted by molar-refractivity contribution is 5.80. The zero-order valence-electron chi connectivity index (χ0n) is 17.0. The highest BCUT2D eigenvalue weighted by atomic mass is 19.4. The van der Waals surface area contributed by atoms with E-state index in [1.807, 2.05) is 6.92 Å². The molecule has 1 aromatic carbocycles. The molecular weight excluding hydrogens is 367 g/mol. The van der Waals surface area contributed by atoms with Gasteiger partial charge in [-0.3, -0.25) is 9.89 Å². The van der Waals surface area contributed by atoms with Crippen LogP contribution in [0.3, 0.4) is 0 Å². The summed E-state index contributed by atoms with van der Waals surface area (Å²) in [4.78, 5) is 9.04. The van der Waals surface area contributed by atoms with Gasteiger partial charge in [-0.2, -0.15) is 13.2 Å². The Morgan fingerprint density at radius 3 is 2.57 bits per heavy atom. The summed E-state index contributed by atoms with van der Waals surface area (Å²) in [5.41, 5.74) is 0.302. The van der Waals surface area contributed by atoms with Gasteiger partial charge in [0.15, 0.2) is 5.96 Å². The molecule has 1 unspecified atom stereocenters. The van der Waals surface area contributed by atoms with Gasteiger partial charge in [0.25, 0.3) is 0 Å². The van der Waals surface area contributed by atoms with Crippen molar-refractivity contribution in [3.05, 3.63) is 35.4 Å². The van der Waals surface area contributed by atoms with Crippen LogP contribution in [0.4, 0.5) is 13.2 Å². The van der Waals surface area contributed by atoms with Crippen molar-refractivity contribution in [2.24, 2.45) is 4.99 Å². The fraction of sp³-hybridized carbons (Fsp3) is 0.650. The number of rotatable bonds is 8. The normalized spacial score (nSPS) is 18.7. The third-order valence-electron chi connectivity index (χ3n) is 4.68. The third kappa shape index (κ3) is 7.67. The summed E-state index contributed by atoms with van der Waals surface area (Å²) in [5, 5.41) is 6.77. The fourth-order valence-corrected chi connectivity index (χ4v) is 3.24. The molecule has 0 aliphatic carbocycles. The quantitative estimate of drug-likeness (QED) is 0.401. The van der Waals surface area contributed by atoms with Gasteiger partial charge in [-0.25, -0.2) is 0 Å². The van der Waals surface area contributed by atoms with Crippen LogP contribution in [-0.4, -0.2) is 68.6 Å². The predicted molar refractivity (Wildman–Crippen MR) is 107 cm³/mol. The molecule has 0 aromatic heterocycles. The van der Waals surface area contributed by atoms with Gasteiger partial charge in [0, 0.05) is 38.8 Å². The average Bonchev–Trinajstić information content (AvgIpc) is 3.05. The summed E-state index contributed by atoms with van der Waals surface area (Å²) in [6, 6.07) is 5.75. The Labute approximate surface area is 166 Å². The van der Waals surface area contributed by atoms with E-state index in [0.29, 0.717) is 12.6 Å². The highest BCUT2D eigenvalue weighted by Gasteiger charge is 2.30. The first-order valence-corrected chi connectivity index (χ1v) is 9.86. The van der Waals surface area contributed by atoms with E-state index in [1.165, 1.54) is 0 Å². The number of nitrogens with one attached hydrogen (secondary N) is 2. The van der Waals surface area contributed by atoms with Crippen molar-refractivity contribution in [3.8, 4) is 0 Å². The Bertz CT molecular complexity index is 613. The molecule has 2 rings (SSSR count). The van der Waals surface area contributed by atoms with E-state index in [1.54, 1.807) is 12.1 Å². The highest BCUT2D eigenvalue weighted by Crippen LogP contribution is 2.29. The van der Waals surface area contributed by atoms with Crippen LogP contribution >= 0.6 is 0 Å². The van der Waals surface area contributed by atoms with E-state index in [4.69, 9.17) is 0 Å². The van der Waals surface area contributed by atoms with Gasteiger partial charge in [-0.15, -0.1) is 0 Å². The van der Waals surface area contributed by atoms with Gasteiger partial charge >= 0.3 is 6.18 Å². The number of hydrogen-bond donors (Lipinski definition) is 2. The van der Waals surface area contributed by atoms with Gasteiger partial charge in [0.1, 0.15) is 0 Å². The SMILES string of the molecule is CCNC(=NCCCN(C)C)NC1CCN(Cc2ccc(C(F)(F)F)cc2)C1. The molecule has 1 saturated heterocycles. The first-order chi connectivity index (χ1) is 13.3. The van der Waals surface area contributed by atoms with E-state index < -0.39 is 11.7 Å². The first-order valence-electron chi connectivity index (χ1n) is 9.86. The second-order valence-electron chi connectivity index (χ2n) is 7.48. The van der Waals surface area contributed by atoms with Crippen molar-refractivity contribution < 1.29 is 13.2 Å². The van der Waals surface area contributed by atoms with Crippen molar-refractivity contribution in [2.45, 2.75) is 38.5 Å². The lowest BCUT2D eigenvalue weighted by Crippen LogP contribution is -2.44. The maximum atomic E-state index is 12.7. The molecule has 0 radical (unpaired) electrons. The van der Waals surface area contributed by atoms with Gasteiger partial charge < -0.3 is 15.5 Å². The Morgan fingerprint density at radius 2 is 1.96 bits per heavy atom. The van der Waals surface area contributed by atoms with E-state index in [-0.39, 0.29) is 0 Å². The number of likely N-dealkylation sites (tertiary alicyclic amines) is 1. The summed E-state index contributed by atoms with van der Waals surface area (Å²) in [6.07, 6.45) is -2.28. The van der Waals surface area contributed by atoms with Gasteiger partial charge in [0.05, 0.1) is 5.56 Å². The molecule has 0 saturated carbocycles. The van der Waals surface area contributed by atoms with Crippen molar-refractivity contribution in [3.63, 3.8) is 0 Å². The molecule has 1 heterocycles. The number of hydrogen-bond acceptors (Lipinski definition) is 3. The first kappa shape index (κ1) is 22.5. The zero-order valence-corrected chi connectivity index (χ0v) is 17.0. The second-order valence-corrected chi connectivity index (χ2v) is 7.48. The van der Waals surface area contributed by atoms with E-state index in [2.05, 4.69) is 39.5 Å². The van der Waals surface area contributed by atoms with Crippen LogP contribution in [0.15, 0.2) is 29.3 Å². The number of nitrogens with zero attached hydrogens (tertiary/aromatic N) is 3. The van der Waals surface area contributed by atoms with Crippen LogP contribution in [0.25, 0.3) is 0 Å². The number of alkyl halides is 3. The van der Waals surface area contributed by atoms with Crippen LogP contribution in [0.5, 0.6) is 0 Å². The third-order valence-corrected chi connectivity index (χ3v) is 4.68. The Morgan fingerprint density at radius 1 is 1.25 bits per heavy atom. The van der Waals surface area contributed by atoms with Crippen molar-refractivity contribution in [1.82, 2.24) is 20.4 Å². The fourth-order valence-electron chi connectivity index (χ4n) is 3.24. The molecule has 0 bridgehead atoms. The molecule has 1 fully saturated rings. The van der Waals surface area contributed by atoms with Crippen molar-refractivity contribution in [2.75, 3.05) is 46.8 Å². The molecule has 5 nitrogen and oxygen atoms in total. The second kappa shape index (κ2) is 10.7. The van der Waals surface area contributed by atoms with Crippen LogP contribution in [0.2, 0.25) is 0 Å². The molecule has 2 N–H and O–H groups in total. The minimum Gasteiger partial charge on any atom is -0.357 e. The van der Waals surface area contributed by atoms with Crippen LogP contribution in [-0.2, 0) is 12.7 Å². The summed E-state index contributed by atoms with van der Waals surface area (Å²) in [5.74, 6) is 0.836. The summed E-state index contributed by atoms with van der Waals surface area (Å²) < 4.78 is 38.0. The van der Waals surface area contributed by atoms with Crippen molar-refractivity contribution >= 4 is 5.96 Å². The molecule has 8 heteroatoms. The zero-order chi connectivity index (χ0) is 20.6. The Balaban J connectivity index is 1.82. The number of halogens is 3. The maximum absolute atomic E-state index is 12.7. The van der Waals surface area contributed by atoms with Crippen molar-refractivity contribution in [1.29, 1.82) is 0 Å². The minimum atomic E-state index is -4.28. The topological polar surface area (TPSA) is 42.9 Å². The lowest BCUT2D eigenvalue weighted by atomic mass is 10.1. The minimum absolute atomic E-state index is 0.293. The molecule has 1 atom stereocenters. The lowest BCUT2D eigenvalue weighted by molar-refractivity contribution is -0.137. The smallest absolute Gasteiger partial charge is 0.357 e. The summed E-state index contributed by atoms with van der Waals surface area (Å²) in [7, 11) is 4.11. The summed E-state index contributed by atoms with van der Waals surface area (Å²) >= 11 is 0. The maximum Gasteiger partial charge on any atom is 0.416 e. The Kier molecular flexibility index (Phi) is 8.57. The molecule has 1 aliphatic rings. The summed E-state index contributed by atoms with van der Waals surface area (Å²) in [6.45, 7) is 7.06. The van der Waals surface area contributed by atoms with E-state index in [0.717, 1.165) is 69.2 Å². The molecule has 1 aromatic rings. The lowest BCUT2D eigenvalue weighted by Gasteiger charge is -2.19. The van der Waals surface area contributed by atoms with Gasteiger partial charge in [-0.05, 0) is 58.1 Å². The van der Waals surface area contributed by atoms with E-state index >= 15 is 0 Å². The standard InChI is InChI=1S/C20H32F3N5/c1-4-24-19(25-11-5-12-27(2)3)26-18-10-13-28(15-18)14-16-6-8-17(9-7-16)20(21,22)23/h6-9,18H,4-5,10-15H2,1-3H3,(H2,24,25,26). The predicted octanol–water partition coefficient (Wildman–Crippen LogP) is 2.79. The number of guanidine groups is 1. The van der Waals surface area contributed by atoms with Crippen LogP contribution in [0.1, 0.15) is 30.9 Å². The number of aliphatic imine (C=N–C) groups is 1. The van der Waals surface area contributed by atoms with E-state index in [9.17, 15) is 13.2 Å². The number of benzene rings is 1. The molecule has 28 heavy (non-hydrogen) atoms. The molecule has 0 spiro atoms. The average molecular weight is 400 g/mol.